The summed E-state index contributed by atoms with van der Waals surface area (Å²) in [6, 6.07) is 0.427. The Hall–Kier alpha value is -0.830. The summed E-state index contributed by atoms with van der Waals surface area (Å²) in [5.74, 6) is 0.916. The van der Waals surface area contributed by atoms with Gasteiger partial charge in [0.05, 0.1) is 5.69 Å². The van der Waals surface area contributed by atoms with Gasteiger partial charge in [0.2, 0.25) is 0 Å². The van der Waals surface area contributed by atoms with Gasteiger partial charge >= 0.3 is 0 Å². The van der Waals surface area contributed by atoms with E-state index < -0.39 is 0 Å². The molecule has 2 rings (SSSR count). The first-order valence-electron chi connectivity index (χ1n) is 6.90. The zero-order valence-electron chi connectivity index (χ0n) is 11.6. The smallest absolute Gasteiger partial charge is 0.0644 e. The first-order chi connectivity index (χ1) is 8.13. The van der Waals surface area contributed by atoms with E-state index in [1.165, 1.54) is 36.2 Å². The van der Waals surface area contributed by atoms with E-state index in [9.17, 15) is 0 Å². The Morgan fingerprint density at radius 1 is 1.41 bits per heavy atom. The first kappa shape index (κ1) is 12.6. The Labute approximate surface area is 105 Å². The molecular formula is C14H25N3. The molecule has 96 valence electrons. The number of hydrogen-bond acceptors (Lipinski definition) is 2. The summed E-state index contributed by atoms with van der Waals surface area (Å²) in [5, 5.41) is 8.25. The third kappa shape index (κ3) is 2.54. The van der Waals surface area contributed by atoms with Crippen molar-refractivity contribution < 1.29 is 0 Å². The van der Waals surface area contributed by atoms with Gasteiger partial charge in [0.1, 0.15) is 0 Å². The second-order valence-electron chi connectivity index (χ2n) is 5.33. The van der Waals surface area contributed by atoms with E-state index in [4.69, 9.17) is 0 Å². The molecule has 1 atom stereocenters. The maximum atomic E-state index is 4.59. The van der Waals surface area contributed by atoms with Crippen molar-refractivity contribution in [2.75, 3.05) is 6.54 Å². The van der Waals surface area contributed by atoms with Crippen LogP contribution in [0.1, 0.15) is 56.1 Å². The lowest BCUT2D eigenvalue weighted by molar-refractivity contribution is 0.292. The Kier molecular flexibility index (Phi) is 3.87. The molecule has 3 heteroatoms. The molecule has 0 spiro atoms. The fourth-order valence-corrected chi connectivity index (χ4v) is 2.79. The zero-order chi connectivity index (χ0) is 12.4. The molecule has 1 unspecified atom stereocenters. The molecule has 1 aliphatic rings. The largest absolute Gasteiger partial charge is 0.310 e. The van der Waals surface area contributed by atoms with Crippen molar-refractivity contribution in [1.82, 2.24) is 15.1 Å². The van der Waals surface area contributed by atoms with Crippen LogP contribution in [-0.4, -0.2) is 16.3 Å². The van der Waals surface area contributed by atoms with Gasteiger partial charge in [0.25, 0.3) is 0 Å². The van der Waals surface area contributed by atoms with Crippen LogP contribution in [0.4, 0.5) is 0 Å². The monoisotopic (exact) mass is 235 g/mol. The predicted molar refractivity (Wildman–Crippen MR) is 71.1 cm³/mol. The van der Waals surface area contributed by atoms with Gasteiger partial charge in [-0.05, 0) is 53.0 Å². The van der Waals surface area contributed by atoms with Gasteiger partial charge in [-0.1, -0.05) is 6.42 Å². The number of aromatic nitrogens is 2. The highest BCUT2D eigenvalue weighted by atomic mass is 15.3. The summed E-state index contributed by atoms with van der Waals surface area (Å²) < 4.78 is 2.10. The standard InChI is InChI=1S/C14H25N3/c1-5-17-12(4)14(11(3)16-17)10(2)15-9-13-7-6-8-13/h10,13,15H,5-9H2,1-4H3. The molecule has 0 aliphatic heterocycles. The van der Waals surface area contributed by atoms with Crippen molar-refractivity contribution in [3.05, 3.63) is 17.0 Å². The maximum absolute atomic E-state index is 4.59. The number of nitrogens with zero attached hydrogens (tertiary/aromatic N) is 2. The summed E-state index contributed by atoms with van der Waals surface area (Å²) in [6.45, 7) is 10.8. The Morgan fingerprint density at radius 2 is 2.12 bits per heavy atom. The van der Waals surface area contributed by atoms with E-state index >= 15 is 0 Å². The molecule has 1 aliphatic carbocycles. The summed E-state index contributed by atoms with van der Waals surface area (Å²) in [5.41, 5.74) is 3.89. The van der Waals surface area contributed by atoms with Crippen LogP contribution in [0.25, 0.3) is 0 Å². The molecule has 3 nitrogen and oxygen atoms in total. The van der Waals surface area contributed by atoms with Crippen molar-refractivity contribution in [2.45, 2.75) is 59.5 Å². The zero-order valence-corrected chi connectivity index (χ0v) is 11.6. The third-order valence-corrected chi connectivity index (χ3v) is 4.11. The second-order valence-corrected chi connectivity index (χ2v) is 5.33. The minimum absolute atomic E-state index is 0.427. The molecule has 0 amide bonds. The number of rotatable bonds is 5. The molecule has 1 heterocycles. The fraction of sp³-hybridized carbons (Fsp3) is 0.786. The summed E-state index contributed by atoms with van der Waals surface area (Å²) in [7, 11) is 0. The van der Waals surface area contributed by atoms with Crippen LogP contribution in [0, 0.1) is 19.8 Å². The highest BCUT2D eigenvalue weighted by Gasteiger charge is 2.20. The Balaban J connectivity index is 2.01. The first-order valence-corrected chi connectivity index (χ1v) is 6.90. The van der Waals surface area contributed by atoms with E-state index in [1.54, 1.807) is 0 Å². The molecule has 0 aromatic carbocycles. The molecular weight excluding hydrogens is 210 g/mol. The minimum atomic E-state index is 0.427. The van der Waals surface area contributed by atoms with Gasteiger partial charge in [-0.2, -0.15) is 5.10 Å². The third-order valence-electron chi connectivity index (χ3n) is 4.11. The highest BCUT2D eigenvalue weighted by molar-refractivity contribution is 5.27. The van der Waals surface area contributed by atoms with Crippen LogP contribution in [0.5, 0.6) is 0 Å². The Bertz CT molecular complexity index is 377. The molecule has 0 bridgehead atoms. The fourth-order valence-electron chi connectivity index (χ4n) is 2.79. The van der Waals surface area contributed by atoms with Crippen LogP contribution in [-0.2, 0) is 6.54 Å². The molecule has 1 fully saturated rings. The lowest BCUT2D eigenvalue weighted by Gasteiger charge is -2.27. The van der Waals surface area contributed by atoms with Gasteiger partial charge in [0.15, 0.2) is 0 Å². The van der Waals surface area contributed by atoms with Gasteiger partial charge in [-0.25, -0.2) is 0 Å². The van der Waals surface area contributed by atoms with Crippen LogP contribution >= 0.6 is 0 Å². The van der Waals surface area contributed by atoms with Crippen LogP contribution in [0.15, 0.2) is 0 Å². The van der Waals surface area contributed by atoms with Crippen LogP contribution in [0.3, 0.4) is 0 Å². The average molecular weight is 235 g/mol. The average Bonchev–Trinajstić information content (AvgIpc) is 2.51. The topological polar surface area (TPSA) is 29.9 Å². The summed E-state index contributed by atoms with van der Waals surface area (Å²) in [6.07, 6.45) is 4.24. The van der Waals surface area contributed by atoms with Gasteiger partial charge in [0, 0.05) is 23.8 Å². The molecule has 0 saturated heterocycles. The predicted octanol–water partition coefficient (Wildman–Crippen LogP) is 2.97. The van der Waals surface area contributed by atoms with E-state index in [0.29, 0.717) is 6.04 Å². The second kappa shape index (κ2) is 5.21. The van der Waals surface area contributed by atoms with E-state index in [2.05, 4.69) is 42.8 Å². The van der Waals surface area contributed by atoms with Crippen LogP contribution < -0.4 is 5.32 Å². The molecule has 1 N–H and O–H groups in total. The van der Waals surface area contributed by atoms with Gasteiger partial charge < -0.3 is 5.32 Å². The Morgan fingerprint density at radius 3 is 2.59 bits per heavy atom. The lowest BCUT2D eigenvalue weighted by Crippen LogP contribution is -2.29. The van der Waals surface area contributed by atoms with Crippen molar-refractivity contribution in [3.63, 3.8) is 0 Å². The highest BCUT2D eigenvalue weighted by Crippen LogP contribution is 2.27. The quantitative estimate of drug-likeness (QED) is 0.850. The van der Waals surface area contributed by atoms with E-state index in [1.807, 2.05) is 0 Å². The molecule has 1 aromatic heterocycles. The molecule has 17 heavy (non-hydrogen) atoms. The van der Waals surface area contributed by atoms with E-state index in [-0.39, 0.29) is 0 Å². The number of hydrogen-bond donors (Lipinski definition) is 1. The van der Waals surface area contributed by atoms with Crippen molar-refractivity contribution in [2.24, 2.45) is 5.92 Å². The van der Waals surface area contributed by atoms with Crippen molar-refractivity contribution in [1.29, 1.82) is 0 Å². The summed E-state index contributed by atoms with van der Waals surface area (Å²) in [4.78, 5) is 0. The number of aryl methyl sites for hydroxylation is 2. The van der Waals surface area contributed by atoms with Gasteiger partial charge in [-0.3, -0.25) is 4.68 Å². The normalized spacial score (nSPS) is 18.1. The van der Waals surface area contributed by atoms with Gasteiger partial charge in [-0.15, -0.1) is 0 Å². The van der Waals surface area contributed by atoms with Crippen LogP contribution in [0.2, 0.25) is 0 Å². The molecule has 0 radical (unpaired) electrons. The van der Waals surface area contributed by atoms with Crippen molar-refractivity contribution in [3.8, 4) is 0 Å². The SMILES string of the molecule is CCn1nc(C)c(C(C)NCC2CCC2)c1C. The maximum Gasteiger partial charge on any atom is 0.0644 e. The van der Waals surface area contributed by atoms with E-state index in [0.717, 1.165) is 19.0 Å². The van der Waals surface area contributed by atoms with Crippen molar-refractivity contribution >= 4 is 0 Å². The number of nitrogens with one attached hydrogen (secondary N) is 1. The summed E-state index contributed by atoms with van der Waals surface area (Å²) >= 11 is 0. The molecule has 1 aromatic rings. The molecule has 1 saturated carbocycles. The minimum Gasteiger partial charge on any atom is -0.310 e. The lowest BCUT2D eigenvalue weighted by atomic mass is 9.85.